The Labute approximate surface area is 151 Å². The number of amides is 1. The topological polar surface area (TPSA) is 101 Å². The normalized spacial score (nSPS) is 18.4. The van der Waals surface area contributed by atoms with Gasteiger partial charge in [0.2, 0.25) is 5.91 Å². The number of nitrogens with one attached hydrogen (secondary N) is 2. The van der Waals surface area contributed by atoms with Crippen molar-refractivity contribution in [1.82, 2.24) is 10.6 Å². The van der Waals surface area contributed by atoms with Crippen LogP contribution in [0.4, 0.5) is 0 Å². The number of amidine groups is 1. The van der Waals surface area contributed by atoms with Crippen molar-refractivity contribution in [1.29, 1.82) is 0 Å². The second-order valence-electron chi connectivity index (χ2n) is 6.08. The van der Waals surface area contributed by atoms with Crippen LogP contribution in [-0.4, -0.2) is 56.3 Å². The molecule has 8 heteroatoms. The maximum atomic E-state index is 11.9. The molecule has 2 N–H and O–H groups in total. The second-order valence-corrected chi connectivity index (χ2v) is 6.08. The van der Waals surface area contributed by atoms with Crippen molar-refractivity contribution in [2.45, 2.75) is 25.4 Å². The third kappa shape index (κ3) is 4.59. The molecule has 1 aromatic carbocycles. The van der Waals surface area contributed by atoms with Gasteiger partial charge < -0.3 is 20.2 Å². The number of hydrogen-bond acceptors (Lipinski definition) is 7. The van der Waals surface area contributed by atoms with Gasteiger partial charge in [-0.05, 0) is 5.56 Å². The highest BCUT2D eigenvalue weighted by Crippen LogP contribution is 2.19. The Morgan fingerprint density at radius 3 is 2.77 bits per heavy atom. The molecule has 1 unspecified atom stereocenters. The lowest BCUT2D eigenvalue weighted by Crippen LogP contribution is -2.29. The van der Waals surface area contributed by atoms with Crippen LogP contribution in [0.25, 0.3) is 0 Å². The van der Waals surface area contributed by atoms with Crippen molar-refractivity contribution in [3.05, 3.63) is 35.4 Å². The third-order valence-corrected chi connectivity index (χ3v) is 4.19. The van der Waals surface area contributed by atoms with E-state index in [1.54, 1.807) is 0 Å². The number of benzene rings is 1. The van der Waals surface area contributed by atoms with Crippen LogP contribution in [0.3, 0.4) is 0 Å². The summed E-state index contributed by atoms with van der Waals surface area (Å²) in [6, 6.07) is 7.97. The van der Waals surface area contributed by atoms with Crippen LogP contribution in [0, 0.1) is 0 Å². The first-order chi connectivity index (χ1) is 12.7. The standard InChI is InChI=1S/C18H22N4O4/c1-25-17(24)6-7-19-16(23)11-14-10-15(22-26-14)12-2-4-13(5-3-12)18-20-8-9-21-18/h2-5,14H,6-11H2,1H3,(H,19,23)(H,20,21). The van der Waals surface area contributed by atoms with Crippen LogP contribution in [0.1, 0.15) is 30.4 Å². The first kappa shape index (κ1) is 17.9. The first-order valence-corrected chi connectivity index (χ1v) is 8.61. The van der Waals surface area contributed by atoms with Crippen molar-refractivity contribution in [2.24, 2.45) is 10.1 Å². The fourth-order valence-electron chi connectivity index (χ4n) is 2.81. The summed E-state index contributed by atoms with van der Waals surface area (Å²) in [4.78, 5) is 32.7. The summed E-state index contributed by atoms with van der Waals surface area (Å²) in [6.07, 6.45) is 0.640. The van der Waals surface area contributed by atoms with Crippen LogP contribution in [0.2, 0.25) is 0 Å². The quantitative estimate of drug-likeness (QED) is 0.695. The van der Waals surface area contributed by atoms with Crippen LogP contribution in [0.5, 0.6) is 0 Å². The second kappa shape index (κ2) is 8.46. The molecule has 1 aromatic rings. The van der Waals surface area contributed by atoms with Gasteiger partial charge >= 0.3 is 5.97 Å². The number of aliphatic imine (C=N–C) groups is 1. The van der Waals surface area contributed by atoms with Gasteiger partial charge in [-0.1, -0.05) is 29.4 Å². The molecule has 2 aliphatic heterocycles. The van der Waals surface area contributed by atoms with Gasteiger partial charge in [0, 0.05) is 25.1 Å². The largest absolute Gasteiger partial charge is 0.469 e. The highest BCUT2D eigenvalue weighted by molar-refractivity contribution is 6.04. The van der Waals surface area contributed by atoms with Gasteiger partial charge in [0.25, 0.3) is 0 Å². The molecule has 0 spiro atoms. The van der Waals surface area contributed by atoms with Gasteiger partial charge in [0.05, 0.1) is 32.2 Å². The predicted molar refractivity (Wildman–Crippen MR) is 96.1 cm³/mol. The van der Waals surface area contributed by atoms with Gasteiger partial charge in [0.1, 0.15) is 11.9 Å². The summed E-state index contributed by atoms with van der Waals surface area (Å²) in [5, 5.41) is 10.0. The zero-order chi connectivity index (χ0) is 18.4. The Morgan fingerprint density at radius 2 is 2.08 bits per heavy atom. The Kier molecular flexibility index (Phi) is 5.83. The van der Waals surface area contributed by atoms with Gasteiger partial charge in [-0.15, -0.1) is 0 Å². The van der Waals surface area contributed by atoms with E-state index >= 15 is 0 Å². The molecule has 8 nitrogen and oxygen atoms in total. The molecule has 0 saturated heterocycles. The van der Waals surface area contributed by atoms with Gasteiger partial charge in [-0.25, -0.2) is 0 Å². The minimum Gasteiger partial charge on any atom is -0.469 e. The molecular weight excluding hydrogens is 336 g/mol. The zero-order valence-electron chi connectivity index (χ0n) is 14.7. The molecule has 0 aromatic heterocycles. The van der Waals surface area contributed by atoms with Crippen LogP contribution in [0.15, 0.2) is 34.4 Å². The lowest BCUT2D eigenvalue weighted by atomic mass is 10.0. The molecule has 0 saturated carbocycles. The van der Waals surface area contributed by atoms with E-state index in [-0.39, 0.29) is 37.4 Å². The molecule has 0 bridgehead atoms. The summed E-state index contributed by atoms with van der Waals surface area (Å²) in [7, 11) is 1.32. The average molecular weight is 358 g/mol. The number of hydrogen-bond donors (Lipinski definition) is 2. The van der Waals surface area contributed by atoms with E-state index in [0.717, 1.165) is 35.8 Å². The molecule has 1 atom stereocenters. The molecule has 2 aliphatic rings. The summed E-state index contributed by atoms with van der Waals surface area (Å²) >= 11 is 0. The molecule has 138 valence electrons. The fraction of sp³-hybridized carbons (Fsp3) is 0.444. The average Bonchev–Trinajstić information content (AvgIpc) is 3.34. The number of methoxy groups -OCH3 is 1. The van der Waals surface area contributed by atoms with Crippen LogP contribution >= 0.6 is 0 Å². The van der Waals surface area contributed by atoms with Crippen LogP contribution in [-0.2, 0) is 19.2 Å². The maximum absolute atomic E-state index is 11.9. The smallest absolute Gasteiger partial charge is 0.307 e. The highest BCUT2D eigenvalue weighted by atomic mass is 16.6. The number of carbonyl (C=O) groups excluding carboxylic acids is 2. The highest BCUT2D eigenvalue weighted by Gasteiger charge is 2.24. The molecular formula is C18H22N4O4. The van der Waals surface area contributed by atoms with E-state index in [1.807, 2.05) is 24.3 Å². The summed E-state index contributed by atoms with van der Waals surface area (Å²) in [5.74, 6) is 0.397. The van der Waals surface area contributed by atoms with E-state index in [0.29, 0.717) is 6.42 Å². The maximum Gasteiger partial charge on any atom is 0.307 e. The molecule has 2 heterocycles. The minimum atomic E-state index is -0.352. The summed E-state index contributed by atoms with van der Waals surface area (Å²) < 4.78 is 4.52. The third-order valence-electron chi connectivity index (χ3n) is 4.19. The fourth-order valence-corrected chi connectivity index (χ4v) is 2.81. The van der Waals surface area contributed by atoms with E-state index in [9.17, 15) is 9.59 Å². The number of esters is 1. The van der Waals surface area contributed by atoms with Crippen molar-refractivity contribution in [3.63, 3.8) is 0 Å². The van der Waals surface area contributed by atoms with Gasteiger partial charge in [-0.3, -0.25) is 14.6 Å². The summed E-state index contributed by atoms with van der Waals surface area (Å²) in [6.45, 7) is 1.94. The van der Waals surface area contributed by atoms with Crippen molar-refractivity contribution in [2.75, 3.05) is 26.7 Å². The number of ether oxygens (including phenoxy) is 1. The van der Waals surface area contributed by atoms with E-state index in [2.05, 4.69) is 25.5 Å². The Bertz CT molecular complexity index is 727. The van der Waals surface area contributed by atoms with Crippen molar-refractivity contribution >= 4 is 23.4 Å². The molecule has 26 heavy (non-hydrogen) atoms. The molecule has 0 aliphatic carbocycles. The monoisotopic (exact) mass is 358 g/mol. The number of nitrogens with zero attached hydrogens (tertiary/aromatic N) is 2. The molecule has 1 amide bonds. The molecule has 3 rings (SSSR count). The Balaban J connectivity index is 1.46. The lowest BCUT2D eigenvalue weighted by molar-refractivity contribution is -0.140. The molecule has 0 radical (unpaired) electrons. The first-order valence-electron chi connectivity index (χ1n) is 8.61. The zero-order valence-corrected chi connectivity index (χ0v) is 14.7. The predicted octanol–water partition coefficient (Wildman–Crippen LogP) is 0.599. The van der Waals surface area contributed by atoms with E-state index in [4.69, 9.17) is 4.84 Å². The number of oxime groups is 1. The van der Waals surface area contributed by atoms with Gasteiger partial charge in [0.15, 0.2) is 0 Å². The van der Waals surface area contributed by atoms with E-state index < -0.39 is 0 Å². The SMILES string of the molecule is COC(=O)CCNC(=O)CC1CC(c2ccc(C3=NCCN3)cc2)=NO1. The van der Waals surface area contributed by atoms with Crippen molar-refractivity contribution < 1.29 is 19.2 Å². The van der Waals surface area contributed by atoms with E-state index in [1.165, 1.54) is 7.11 Å². The Morgan fingerprint density at radius 1 is 1.31 bits per heavy atom. The lowest BCUT2D eigenvalue weighted by Gasteiger charge is -2.08. The summed E-state index contributed by atoms with van der Waals surface area (Å²) in [5.41, 5.74) is 2.85. The Hall–Kier alpha value is -2.90. The van der Waals surface area contributed by atoms with Crippen molar-refractivity contribution in [3.8, 4) is 0 Å². The number of rotatable bonds is 7. The molecule has 0 fully saturated rings. The minimum absolute atomic E-state index is 0.155. The number of carbonyl (C=O) groups is 2. The van der Waals surface area contributed by atoms with Crippen LogP contribution < -0.4 is 10.6 Å². The van der Waals surface area contributed by atoms with Gasteiger partial charge in [-0.2, -0.15) is 0 Å².